The first-order valence-corrected chi connectivity index (χ1v) is 9.57. The van der Waals surface area contributed by atoms with E-state index in [1.807, 2.05) is 0 Å². The fourth-order valence-electron chi connectivity index (χ4n) is 3.65. The topological polar surface area (TPSA) is 110 Å². The van der Waals surface area contributed by atoms with E-state index >= 15 is 0 Å². The summed E-state index contributed by atoms with van der Waals surface area (Å²) in [7, 11) is 0. The number of carboxylic acid groups (broad SMARTS) is 2. The molecular formula is C23H22F2N2O4. The summed E-state index contributed by atoms with van der Waals surface area (Å²) in [4.78, 5) is 19.1. The van der Waals surface area contributed by atoms with Crippen LogP contribution in [0.3, 0.4) is 0 Å². The largest absolute Gasteiger partial charge is 0.478 e. The molecule has 1 atom stereocenters. The van der Waals surface area contributed by atoms with Gasteiger partial charge < -0.3 is 15.5 Å². The van der Waals surface area contributed by atoms with Crippen molar-refractivity contribution in [2.75, 3.05) is 13.1 Å². The van der Waals surface area contributed by atoms with Crippen LogP contribution >= 0.6 is 0 Å². The van der Waals surface area contributed by atoms with Crippen molar-refractivity contribution in [3.05, 3.63) is 83.4 Å². The van der Waals surface area contributed by atoms with Crippen molar-refractivity contribution < 1.29 is 28.6 Å². The zero-order valence-electron chi connectivity index (χ0n) is 16.6. The highest BCUT2D eigenvalue weighted by atomic mass is 19.1. The van der Waals surface area contributed by atoms with Crippen LogP contribution in [-0.2, 0) is 15.0 Å². The predicted molar refractivity (Wildman–Crippen MR) is 109 cm³/mol. The minimum Gasteiger partial charge on any atom is -0.478 e. The van der Waals surface area contributed by atoms with Gasteiger partial charge in [0.15, 0.2) is 0 Å². The summed E-state index contributed by atoms with van der Waals surface area (Å²) in [6, 6.07) is 14.6. The van der Waals surface area contributed by atoms with E-state index in [0.717, 1.165) is 30.5 Å². The van der Waals surface area contributed by atoms with E-state index in [9.17, 15) is 23.6 Å². The first kappa shape index (κ1) is 23.7. The lowest BCUT2D eigenvalue weighted by Crippen LogP contribution is -2.44. The van der Waals surface area contributed by atoms with Crippen molar-refractivity contribution in [1.82, 2.24) is 5.32 Å². The Bertz CT molecular complexity index is 899. The average Bonchev–Trinajstić information content (AvgIpc) is 2.77. The van der Waals surface area contributed by atoms with Crippen LogP contribution in [0.5, 0.6) is 0 Å². The number of nitrogens with one attached hydrogen (secondary N) is 1. The van der Waals surface area contributed by atoms with E-state index in [1.54, 1.807) is 24.3 Å². The number of carboxylic acids is 2. The van der Waals surface area contributed by atoms with Gasteiger partial charge in [-0.25, -0.2) is 18.4 Å². The molecule has 0 aromatic heterocycles. The summed E-state index contributed by atoms with van der Waals surface area (Å²) in [5.74, 6) is -3.13. The highest BCUT2D eigenvalue weighted by molar-refractivity contribution is 5.89. The number of halogens is 2. The molecule has 1 saturated heterocycles. The summed E-state index contributed by atoms with van der Waals surface area (Å²) >= 11 is 0. The molecule has 1 fully saturated rings. The fraction of sp³-hybridized carbons (Fsp3) is 0.261. The molecule has 1 aliphatic rings. The molecule has 0 bridgehead atoms. The number of carbonyl (C=O) groups is 2. The number of hydrogen-bond donors (Lipinski definition) is 3. The summed E-state index contributed by atoms with van der Waals surface area (Å²) < 4.78 is 26.7. The maximum atomic E-state index is 13.3. The Morgan fingerprint density at radius 3 is 1.74 bits per heavy atom. The lowest BCUT2D eigenvalue weighted by atomic mass is 9.64. The Morgan fingerprint density at radius 2 is 1.42 bits per heavy atom. The SMILES string of the molecule is N#CC(c1ccc(F)cc1)(c1ccc(F)cc1)C1CCCNC1.O=C(O)/C=C\C(=O)O. The maximum Gasteiger partial charge on any atom is 0.328 e. The van der Waals surface area contributed by atoms with Gasteiger partial charge in [0.1, 0.15) is 17.0 Å². The molecule has 2 aromatic carbocycles. The molecule has 0 aliphatic carbocycles. The van der Waals surface area contributed by atoms with Gasteiger partial charge in [0, 0.05) is 18.7 Å². The van der Waals surface area contributed by atoms with Gasteiger partial charge in [-0.3, -0.25) is 0 Å². The highest BCUT2D eigenvalue weighted by Gasteiger charge is 2.43. The zero-order valence-corrected chi connectivity index (χ0v) is 16.6. The van der Waals surface area contributed by atoms with Gasteiger partial charge in [0.25, 0.3) is 0 Å². The van der Waals surface area contributed by atoms with Crippen molar-refractivity contribution in [3.8, 4) is 6.07 Å². The molecule has 162 valence electrons. The molecule has 0 amide bonds. The molecule has 1 heterocycles. The Kier molecular flexibility index (Phi) is 8.41. The lowest BCUT2D eigenvalue weighted by Gasteiger charge is -2.38. The monoisotopic (exact) mass is 428 g/mol. The third-order valence-corrected chi connectivity index (χ3v) is 5.05. The molecule has 0 radical (unpaired) electrons. The first-order chi connectivity index (χ1) is 14.8. The Hall–Kier alpha value is -3.57. The molecule has 3 N–H and O–H groups in total. The number of rotatable bonds is 5. The normalized spacial score (nSPS) is 16.1. The van der Waals surface area contributed by atoms with Crippen molar-refractivity contribution in [2.45, 2.75) is 18.3 Å². The standard InChI is InChI=1S/C19H18F2N2.C4H4O4/c20-17-7-3-14(4-8-17)19(13-22,16-2-1-11-23-12-16)15-5-9-18(21)10-6-15;5-3(6)1-2-4(7)8/h3-10,16,23H,1-2,11-12H2;1-2H,(H,5,6)(H,7,8)/b;2-1-. The molecule has 0 saturated carbocycles. The van der Waals surface area contributed by atoms with E-state index in [4.69, 9.17) is 10.2 Å². The van der Waals surface area contributed by atoms with Crippen molar-refractivity contribution in [1.29, 1.82) is 5.26 Å². The zero-order chi connectivity index (χ0) is 22.9. The summed E-state index contributed by atoms with van der Waals surface area (Å²) in [5.41, 5.74) is 0.595. The molecule has 3 rings (SSSR count). The second-order valence-electron chi connectivity index (χ2n) is 6.99. The van der Waals surface area contributed by atoms with Crippen LogP contribution in [0.15, 0.2) is 60.7 Å². The Balaban J connectivity index is 0.000000366. The highest BCUT2D eigenvalue weighted by Crippen LogP contribution is 2.41. The van der Waals surface area contributed by atoms with Crippen molar-refractivity contribution in [2.24, 2.45) is 5.92 Å². The molecular weight excluding hydrogens is 406 g/mol. The lowest BCUT2D eigenvalue weighted by molar-refractivity contribution is -0.134. The number of aliphatic carboxylic acids is 2. The molecule has 31 heavy (non-hydrogen) atoms. The quantitative estimate of drug-likeness (QED) is 0.629. The first-order valence-electron chi connectivity index (χ1n) is 9.57. The van der Waals surface area contributed by atoms with Gasteiger partial charge in [0.05, 0.1) is 6.07 Å². The molecule has 2 aromatic rings. The van der Waals surface area contributed by atoms with E-state index in [2.05, 4.69) is 11.4 Å². The molecule has 6 nitrogen and oxygen atoms in total. The average molecular weight is 428 g/mol. The van der Waals surface area contributed by atoms with E-state index in [-0.39, 0.29) is 17.6 Å². The number of benzene rings is 2. The number of nitriles is 1. The van der Waals surface area contributed by atoms with Crippen LogP contribution in [-0.4, -0.2) is 35.2 Å². The van der Waals surface area contributed by atoms with Gasteiger partial charge >= 0.3 is 11.9 Å². The van der Waals surface area contributed by atoms with Gasteiger partial charge in [-0.05, 0) is 60.7 Å². The number of hydrogen-bond acceptors (Lipinski definition) is 4. The third-order valence-electron chi connectivity index (χ3n) is 5.05. The van der Waals surface area contributed by atoms with Crippen LogP contribution in [0, 0.1) is 28.9 Å². The van der Waals surface area contributed by atoms with E-state index in [0.29, 0.717) is 18.7 Å². The minimum absolute atomic E-state index is 0.0529. The second-order valence-corrected chi connectivity index (χ2v) is 6.99. The summed E-state index contributed by atoms with van der Waals surface area (Å²) in [6.45, 7) is 1.65. The molecule has 0 spiro atoms. The third kappa shape index (κ3) is 6.20. The number of piperidine rings is 1. The fourth-order valence-corrected chi connectivity index (χ4v) is 3.65. The summed E-state index contributed by atoms with van der Waals surface area (Å²) in [6.07, 6.45) is 3.00. The van der Waals surface area contributed by atoms with Crippen molar-refractivity contribution >= 4 is 11.9 Å². The maximum absolute atomic E-state index is 13.3. The van der Waals surface area contributed by atoms with Crippen LogP contribution in [0.2, 0.25) is 0 Å². The summed E-state index contributed by atoms with van der Waals surface area (Å²) in [5, 5.41) is 29.1. The molecule has 1 aliphatic heterocycles. The minimum atomic E-state index is -1.26. The van der Waals surface area contributed by atoms with Crippen LogP contribution in [0.4, 0.5) is 8.78 Å². The van der Waals surface area contributed by atoms with Gasteiger partial charge in [0.2, 0.25) is 0 Å². The Labute approximate surface area is 178 Å². The van der Waals surface area contributed by atoms with Gasteiger partial charge in [-0.1, -0.05) is 24.3 Å². The Morgan fingerprint density at radius 1 is 0.968 bits per heavy atom. The van der Waals surface area contributed by atoms with Crippen molar-refractivity contribution in [3.63, 3.8) is 0 Å². The second kappa shape index (κ2) is 11.0. The predicted octanol–water partition coefficient (Wildman–Crippen LogP) is 3.49. The van der Waals surface area contributed by atoms with E-state index in [1.165, 1.54) is 24.3 Å². The van der Waals surface area contributed by atoms with E-state index < -0.39 is 17.4 Å². The molecule has 1 unspecified atom stereocenters. The van der Waals surface area contributed by atoms with Gasteiger partial charge in [-0.15, -0.1) is 0 Å². The van der Waals surface area contributed by atoms with Gasteiger partial charge in [-0.2, -0.15) is 5.26 Å². The van der Waals surface area contributed by atoms with Crippen LogP contribution in [0.25, 0.3) is 0 Å². The molecule has 8 heteroatoms. The number of nitrogens with zero attached hydrogens (tertiary/aromatic N) is 1. The van der Waals surface area contributed by atoms with Crippen LogP contribution in [0.1, 0.15) is 24.0 Å². The smallest absolute Gasteiger partial charge is 0.328 e. The van der Waals surface area contributed by atoms with Crippen LogP contribution < -0.4 is 5.32 Å².